The minimum absolute atomic E-state index is 0.0404. The minimum atomic E-state index is -0.0843. The Morgan fingerprint density at radius 2 is 1.75 bits per heavy atom. The van der Waals surface area contributed by atoms with Gasteiger partial charge in [-0.1, -0.05) is 60.3 Å². The quantitative estimate of drug-likeness (QED) is 0.194. The van der Waals surface area contributed by atoms with E-state index in [0.717, 1.165) is 25.9 Å². The summed E-state index contributed by atoms with van der Waals surface area (Å²) in [6.45, 7) is 1.96. The Kier molecular flexibility index (Phi) is 7.21. The van der Waals surface area contributed by atoms with E-state index in [-0.39, 0.29) is 17.4 Å². The number of carbonyl (C=O) groups excluding carboxylic acids is 2. The Labute approximate surface area is 204 Å². The monoisotopic (exact) mass is 556 g/mol. The van der Waals surface area contributed by atoms with E-state index in [9.17, 15) is 9.59 Å². The maximum Gasteiger partial charge on any atom is 0.216 e. The van der Waals surface area contributed by atoms with Crippen LogP contribution in [0.2, 0.25) is 0 Å². The lowest BCUT2D eigenvalue weighted by Crippen LogP contribution is -2.23. The molecule has 4 rings (SSSR count). The predicted molar refractivity (Wildman–Crippen MR) is 135 cm³/mol. The van der Waals surface area contributed by atoms with Crippen molar-refractivity contribution in [3.8, 4) is 5.69 Å². The van der Waals surface area contributed by atoms with Crippen LogP contribution in [-0.2, 0) is 11.2 Å². The molecule has 0 spiro atoms. The number of halogens is 1. The molecule has 0 bridgehead atoms. The summed E-state index contributed by atoms with van der Waals surface area (Å²) in [7, 11) is 0. The third-order valence-electron chi connectivity index (χ3n) is 4.93. The molecule has 0 radical (unpaired) electrons. The number of carbonyl (C=O) groups is 2. The van der Waals surface area contributed by atoms with Gasteiger partial charge in [-0.05, 0) is 46.2 Å². The summed E-state index contributed by atoms with van der Waals surface area (Å²) >= 11 is 3.59. The Hall–Kier alpha value is -2.72. The number of benzene rings is 3. The molecule has 162 valence electrons. The molecule has 0 aliphatic carbocycles. The molecular weight excluding hydrogens is 535 g/mol. The van der Waals surface area contributed by atoms with Crippen molar-refractivity contribution in [2.75, 3.05) is 12.3 Å². The molecule has 0 fully saturated rings. The summed E-state index contributed by atoms with van der Waals surface area (Å²) in [5, 5.41) is 14.4. The molecule has 0 aliphatic heterocycles. The Bertz CT molecular complexity index is 1270. The summed E-state index contributed by atoms with van der Waals surface area (Å²) < 4.78 is 3.09. The predicted octanol–water partition coefficient (Wildman–Crippen LogP) is 4.68. The maximum atomic E-state index is 12.7. The van der Waals surface area contributed by atoms with Crippen LogP contribution in [0.5, 0.6) is 0 Å². The lowest BCUT2D eigenvalue weighted by molar-refractivity contribution is -0.118. The van der Waals surface area contributed by atoms with Gasteiger partial charge in [-0.15, -0.1) is 10.2 Å². The van der Waals surface area contributed by atoms with E-state index < -0.39 is 0 Å². The molecule has 1 N–H and O–H groups in total. The first-order chi connectivity index (χ1) is 15.5. The average Bonchev–Trinajstić information content (AvgIpc) is 3.19. The summed E-state index contributed by atoms with van der Waals surface area (Å²) in [6.07, 6.45) is 0.529. The number of hydrogen-bond acceptors (Lipinski definition) is 5. The molecular formula is C24H21IN4O2S. The number of nitrogens with one attached hydrogen (secondary N) is 1. The number of fused-ring (bicyclic) bond motifs is 1. The van der Waals surface area contributed by atoms with Crippen molar-refractivity contribution in [1.29, 1.82) is 0 Å². The van der Waals surface area contributed by atoms with Crippen LogP contribution in [0.25, 0.3) is 16.5 Å². The maximum absolute atomic E-state index is 12.7. The van der Waals surface area contributed by atoms with E-state index in [2.05, 4.69) is 56.3 Å². The molecule has 8 heteroatoms. The number of Topliss-reactive ketones (excluding diaryl/α,β-unsaturated/α-hetero) is 1. The highest BCUT2D eigenvalue weighted by molar-refractivity contribution is 14.1. The van der Waals surface area contributed by atoms with Crippen LogP contribution in [0.15, 0.2) is 71.9 Å². The molecule has 0 atom stereocenters. The van der Waals surface area contributed by atoms with E-state index in [4.69, 9.17) is 0 Å². The number of rotatable bonds is 8. The third-order valence-corrected chi connectivity index (χ3v) is 6.58. The first-order valence-electron chi connectivity index (χ1n) is 10.1. The molecule has 32 heavy (non-hydrogen) atoms. The van der Waals surface area contributed by atoms with Gasteiger partial charge in [0.05, 0.1) is 11.4 Å². The molecule has 0 unspecified atom stereocenters. The molecule has 4 aromatic rings. The van der Waals surface area contributed by atoms with E-state index in [1.807, 2.05) is 53.1 Å². The summed E-state index contributed by atoms with van der Waals surface area (Å²) in [6, 6.07) is 21.8. The van der Waals surface area contributed by atoms with Gasteiger partial charge in [0.2, 0.25) is 5.91 Å². The molecule has 0 saturated heterocycles. The van der Waals surface area contributed by atoms with E-state index >= 15 is 0 Å². The zero-order chi connectivity index (χ0) is 22.5. The van der Waals surface area contributed by atoms with Crippen LogP contribution < -0.4 is 5.32 Å². The zero-order valence-electron chi connectivity index (χ0n) is 17.4. The van der Waals surface area contributed by atoms with Gasteiger partial charge in [0, 0.05) is 34.4 Å². The van der Waals surface area contributed by atoms with Crippen molar-refractivity contribution in [2.24, 2.45) is 0 Å². The van der Waals surface area contributed by atoms with Gasteiger partial charge in [0.1, 0.15) is 5.82 Å². The third kappa shape index (κ3) is 5.18. The number of amides is 1. The fraction of sp³-hybridized carbons (Fsp3) is 0.167. The van der Waals surface area contributed by atoms with E-state index in [0.29, 0.717) is 23.7 Å². The molecule has 0 aliphatic rings. The van der Waals surface area contributed by atoms with Crippen LogP contribution in [0.1, 0.15) is 23.1 Å². The summed E-state index contributed by atoms with van der Waals surface area (Å²) in [4.78, 5) is 24.0. The number of nitrogens with zero attached hydrogens (tertiary/aromatic N) is 3. The normalized spacial score (nSPS) is 10.9. The molecule has 1 heterocycles. The van der Waals surface area contributed by atoms with Crippen molar-refractivity contribution in [3.63, 3.8) is 0 Å². The van der Waals surface area contributed by atoms with Crippen molar-refractivity contribution >= 4 is 56.8 Å². The second kappa shape index (κ2) is 10.3. The molecule has 1 amide bonds. The second-order valence-electron chi connectivity index (χ2n) is 7.18. The second-order valence-corrected chi connectivity index (χ2v) is 9.37. The van der Waals surface area contributed by atoms with Crippen LogP contribution in [0.3, 0.4) is 0 Å². The van der Waals surface area contributed by atoms with Crippen molar-refractivity contribution in [2.45, 2.75) is 18.5 Å². The first-order valence-corrected chi connectivity index (χ1v) is 12.2. The number of thioether (sulfide) groups is 1. The first kappa shape index (κ1) is 22.5. The number of ketones is 1. The fourth-order valence-corrected chi connectivity index (χ4v) is 4.62. The standard InChI is InChI=1S/C24H21IN4O2S/c1-16(30)26-14-13-23-27-28-24(32-15-22(31)18-9-11-19(25)12-10-18)29(23)21-8-4-6-17-5-2-3-7-20(17)21/h2-12H,13-15H2,1H3,(H,26,30). The molecule has 0 saturated carbocycles. The lowest BCUT2D eigenvalue weighted by atomic mass is 10.1. The fourth-order valence-electron chi connectivity index (χ4n) is 3.40. The zero-order valence-corrected chi connectivity index (χ0v) is 20.4. The van der Waals surface area contributed by atoms with Gasteiger partial charge in [0.25, 0.3) is 0 Å². The van der Waals surface area contributed by atoms with E-state index in [1.165, 1.54) is 18.7 Å². The van der Waals surface area contributed by atoms with Gasteiger partial charge < -0.3 is 5.32 Å². The van der Waals surface area contributed by atoms with Gasteiger partial charge in [-0.3, -0.25) is 14.2 Å². The Morgan fingerprint density at radius 3 is 2.53 bits per heavy atom. The lowest BCUT2D eigenvalue weighted by Gasteiger charge is -2.13. The summed E-state index contributed by atoms with van der Waals surface area (Å²) in [5.74, 6) is 0.951. The van der Waals surface area contributed by atoms with Crippen molar-refractivity contribution in [3.05, 3.63) is 81.7 Å². The summed E-state index contributed by atoms with van der Waals surface area (Å²) in [5.41, 5.74) is 1.63. The molecule has 6 nitrogen and oxygen atoms in total. The van der Waals surface area contributed by atoms with Gasteiger partial charge in [-0.2, -0.15) is 0 Å². The highest BCUT2D eigenvalue weighted by Crippen LogP contribution is 2.28. The van der Waals surface area contributed by atoms with Gasteiger partial charge >= 0.3 is 0 Å². The average molecular weight is 556 g/mol. The Morgan fingerprint density at radius 1 is 1.00 bits per heavy atom. The largest absolute Gasteiger partial charge is 0.356 e. The smallest absolute Gasteiger partial charge is 0.216 e. The van der Waals surface area contributed by atoms with Gasteiger partial charge in [0.15, 0.2) is 10.9 Å². The molecule has 3 aromatic carbocycles. The van der Waals surface area contributed by atoms with Crippen LogP contribution >= 0.6 is 34.4 Å². The highest BCUT2D eigenvalue weighted by Gasteiger charge is 2.18. The van der Waals surface area contributed by atoms with Gasteiger partial charge in [-0.25, -0.2) is 0 Å². The van der Waals surface area contributed by atoms with Crippen molar-refractivity contribution in [1.82, 2.24) is 20.1 Å². The highest BCUT2D eigenvalue weighted by atomic mass is 127. The molecule has 1 aromatic heterocycles. The van der Waals surface area contributed by atoms with Crippen molar-refractivity contribution < 1.29 is 9.59 Å². The number of aromatic nitrogens is 3. The topological polar surface area (TPSA) is 76.9 Å². The van der Waals surface area contributed by atoms with Crippen LogP contribution in [0, 0.1) is 3.57 Å². The number of hydrogen-bond donors (Lipinski definition) is 1. The Balaban J connectivity index is 1.66. The van der Waals surface area contributed by atoms with Crippen LogP contribution in [-0.4, -0.2) is 38.8 Å². The van der Waals surface area contributed by atoms with E-state index in [1.54, 1.807) is 0 Å². The SMILES string of the molecule is CC(=O)NCCc1nnc(SCC(=O)c2ccc(I)cc2)n1-c1cccc2ccccc12. The minimum Gasteiger partial charge on any atom is -0.356 e. The van der Waals surface area contributed by atoms with Crippen LogP contribution in [0.4, 0.5) is 0 Å².